The van der Waals surface area contributed by atoms with Crippen molar-refractivity contribution in [2.45, 2.75) is 19.0 Å². The third-order valence-corrected chi connectivity index (χ3v) is 1.67. The minimum atomic E-state index is -2.63. The number of rotatable bonds is 3. The van der Waals surface area contributed by atoms with E-state index in [0.29, 0.717) is 0 Å². The van der Waals surface area contributed by atoms with Gasteiger partial charge in [-0.2, -0.15) is 0 Å². The molecule has 72 valence electrons. The summed E-state index contributed by atoms with van der Waals surface area (Å²) in [5.41, 5.74) is -0.0807. The second kappa shape index (κ2) is 4.28. The van der Waals surface area contributed by atoms with Crippen LogP contribution in [-0.4, -0.2) is 11.5 Å². The molecule has 1 rings (SSSR count). The van der Waals surface area contributed by atoms with Crippen molar-refractivity contribution in [3.05, 3.63) is 35.6 Å². The van der Waals surface area contributed by atoms with Crippen LogP contribution in [0.25, 0.3) is 0 Å². The summed E-state index contributed by atoms with van der Waals surface area (Å²) in [6, 6.07) is 5.35. The lowest BCUT2D eigenvalue weighted by Crippen LogP contribution is -2.05. The van der Waals surface area contributed by atoms with E-state index in [-0.39, 0.29) is 5.56 Å². The van der Waals surface area contributed by atoms with E-state index < -0.39 is 24.8 Å². The Labute approximate surface area is 73.8 Å². The monoisotopic (exact) mass is 190 g/mol. The van der Waals surface area contributed by atoms with Crippen LogP contribution in [0.4, 0.5) is 13.2 Å². The van der Waals surface area contributed by atoms with Crippen LogP contribution in [0.1, 0.15) is 18.1 Å². The van der Waals surface area contributed by atoms with Crippen molar-refractivity contribution in [1.82, 2.24) is 0 Å². The van der Waals surface area contributed by atoms with E-state index in [1.807, 2.05) is 0 Å². The topological polar surface area (TPSA) is 20.2 Å². The predicted octanol–water partition coefficient (Wildman–Crippen LogP) is 2.51. The van der Waals surface area contributed by atoms with Gasteiger partial charge in [-0.15, -0.1) is 0 Å². The molecule has 0 aromatic heterocycles. The molecule has 0 saturated heterocycles. The molecule has 1 aromatic rings. The van der Waals surface area contributed by atoms with Gasteiger partial charge in [-0.05, 0) is 6.07 Å². The average Bonchev–Trinajstić information content (AvgIpc) is 2.03. The maximum absolute atomic E-state index is 12.9. The number of hydrogen-bond acceptors (Lipinski definition) is 1. The first kappa shape index (κ1) is 10.1. The zero-order valence-electron chi connectivity index (χ0n) is 6.75. The Kier molecular flexibility index (Phi) is 3.31. The van der Waals surface area contributed by atoms with Crippen molar-refractivity contribution in [2.75, 3.05) is 0 Å². The Morgan fingerprint density at radius 2 is 1.85 bits per heavy atom. The van der Waals surface area contributed by atoms with Gasteiger partial charge in [0.05, 0.1) is 6.10 Å². The predicted molar refractivity (Wildman–Crippen MR) is 42.0 cm³/mol. The van der Waals surface area contributed by atoms with Crippen molar-refractivity contribution in [2.24, 2.45) is 0 Å². The van der Waals surface area contributed by atoms with Gasteiger partial charge in [-0.25, -0.2) is 13.2 Å². The average molecular weight is 190 g/mol. The first-order chi connectivity index (χ1) is 6.11. The minimum absolute atomic E-state index is 0.0807. The summed E-state index contributed by atoms with van der Waals surface area (Å²) in [7, 11) is 0. The highest BCUT2D eigenvalue weighted by Crippen LogP contribution is 2.22. The maximum atomic E-state index is 12.9. The van der Waals surface area contributed by atoms with Crippen molar-refractivity contribution >= 4 is 0 Å². The lowest BCUT2D eigenvalue weighted by atomic mass is 10.1. The van der Waals surface area contributed by atoms with Gasteiger partial charge in [0, 0.05) is 12.0 Å². The first-order valence-electron chi connectivity index (χ1n) is 3.82. The molecule has 0 radical (unpaired) electrons. The second-order valence-electron chi connectivity index (χ2n) is 2.66. The van der Waals surface area contributed by atoms with Crippen molar-refractivity contribution < 1.29 is 18.3 Å². The zero-order valence-corrected chi connectivity index (χ0v) is 6.75. The Balaban J connectivity index is 2.76. The molecule has 13 heavy (non-hydrogen) atoms. The summed E-state index contributed by atoms with van der Waals surface area (Å²) in [4.78, 5) is 0. The Morgan fingerprint density at radius 3 is 2.38 bits per heavy atom. The molecular formula is C9H9F3O. The number of hydrogen-bond donors (Lipinski definition) is 1. The Hall–Kier alpha value is -1.03. The van der Waals surface area contributed by atoms with E-state index in [0.717, 1.165) is 6.07 Å². The molecule has 1 aromatic carbocycles. The highest BCUT2D eigenvalue weighted by Gasteiger charge is 2.16. The smallest absolute Gasteiger partial charge is 0.241 e. The van der Waals surface area contributed by atoms with Gasteiger partial charge in [0.25, 0.3) is 0 Å². The molecule has 0 bridgehead atoms. The number of aliphatic hydroxyl groups excluding tert-OH is 1. The van der Waals surface area contributed by atoms with Gasteiger partial charge in [0.1, 0.15) is 5.82 Å². The lowest BCUT2D eigenvalue weighted by Gasteiger charge is -2.10. The van der Waals surface area contributed by atoms with Crippen LogP contribution in [0.3, 0.4) is 0 Å². The fourth-order valence-corrected chi connectivity index (χ4v) is 1.04. The van der Waals surface area contributed by atoms with Crippen molar-refractivity contribution in [3.63, 3.8) is 0 Å². The molecule has 1 atom stereocenters. The number of aliphatic hydroxyl groups is 1. The molecule has 0 aliphatic heterocycles. The Morgan fingerprint density at radius 1 is 1.23 bits per heavy atom. The van der Waals surface area contributed by atoms with Gasteiger partial charge >= 0.3 is 0 Å². The van der Waals surface area contributed by atoms with E-state index in [2.05, 4.69) is 0 Å². The first-order valence-corrected chi connectivity index (χ1v) is 3.82. The van der Waals surface area contributed by atoms with Gasteiger partial charge in [-0.3, -0.25) is 0 Å². The molecule has 1 nitrogen and oxygen atoms in total. The molecule has 1 unspecified atom stereocenters. The number of alkyl halides is 2. The SMILES string of the molecule is OC(CC(F)F)c1ccccc1F. The normalized spacial score (nSPS) is 13.3. The van der Waals surface area contributed by atoms with Crippen LogP contribution >= 0.6 is 0 Å². The summed E-state index contributed by atoms with van der Waals surface area (Å²) in [5, 5.41) is 9.15. The van der Waals surface area contributed by atoms with Crippen molar-refractivity contribution in [3.8, 4) is 0 Å². The summed E-state index contributed by atoms with van der Waals surface area (Å²) >= 11 is 0. The highest BCUT2D eigenvalue weighted by molar-refractivity contribution is 5.19. The van der Waals surface area contributed by atoms with Crippen LogP contribution in [-0.2, 0) is 0 Å². The van der Waals surface area contributed by atoms with E-state index in [9.17, 15) is 13.2 Å². The summed E-state index contributed by atoms with van der Waals surface area (Å²) in [5.74, 6) is -0.657. The fourth-order valence-electron chi connectivity index (χ4n) is 1.04. The molecule has 0 aliphatic carbocycles. The lowest BCUT2D eigenvalue weighted by molar-refractivity contribution is 0.0594. The summed E-state index contributed by atoms with van der Waals surface area (Å²) < 4.78 is 36.5. The zero-order chi connectivity index (χ0) is 9.84. The molecule has 0 fully saturated rings. The second-order valence-corrected chi connectivity index (χ2v) is 2.66. The van der Waals surface area contributed by atoms with Gasteiger partial charge in [-0.1, -0.05) is 18.2 Å². The van der Waals surface area contributed by atoms with E-state index in [1.54, 1.807) is 0 Å². The largest absolute Gasteiger partial charge is 0.388 e. The summed E-state index contributed by atoms with van der Waals surface area (Å²) in [6.45, 7) is 0. The molecule has 4 heteroatoms. The molecular weight excluding hydrogens is 181 g/mol. The van der Waals surface area contributed by atoms with Gasteiger partial charge in [0.15, 0.2) is 0 Å². The molecule has 0 aliphatic rings. The van der Waals surface area contributed by atoms with Crippen LogP contribution < -0.4 is 0 Å². The fraction of sp³-hybridized carbons (Fsp3) is 0.333. The van der Waals surface area contributed by atoms with Crippen LogP contribution in [0.5, 0.6) is 0 Å². The highest BCUT2D eigenvalue weighted by atomic mass is 19.3. The van der Waals surface area contributed by atoms with Crippen LogP contribution in [0.15, 0.2) is 24.3 Å². The number of halogens is 3. The van der Waals surface area contributed by atoms with Gasteiger partial charge < -0.3 is 5.11 Å². The Bertz CT molecular complexity index is 275. The molecule has 0 amide bonds. The van der Waals surface area contributed by atoms with E-state index in [1.165, 1.54) is 18.2 Å². The van der Waals surface area contributed by atoms with Gasteiger partial charge in [0.2, 0.25) is 6.43 Å². The third-order valence-electron chi connectivity index (χ3n) is 1.67. The molecule has 0 heterocycles. The van der Waals surface area contributed by atoms with E-state index >= 15 is 0 Å². The van der Waals surface area contributed by atoms with E-state index in [4.69, 9.17) is 5.11 Å². The maximum Gasteiger partial charge on any atom is 0.241 e. The summed E-state index contributed by atoms with van der Waals surface area (Å²) in [6.07, 6.45) is -4.79. The molecule has 1 N–H and O–H groups in total. The third kappa shape index (κ3) is 2.73. The van der Waals surface area contributed by atoms with Crippen LogP contribution in [0.2, 0.25) is 0 Å². The van der Waals surface area contributed by atoms with Crippen LogP contribution in [0, 0.1) is 5.82 Å². The molecule has 0 spiro atoms. The molecule has 0 saturated carbocycles. The quantitative estimate of drug-likeness (QED) is 0.776. The standard InChI is InChI=1S/C9H9F3O/c10-7-4-2-1-3-6(7)8(13)5-9(11)12/h1-4,8-9,13H,5H2. The van der Waals surface area contributed by atoms with Crippen molar-refractivity contribution in [1.29, 1.82) is 0 Å². The number of benzene rings is 1. The minimum Gasteiger partial charge on any atom is -0.388 e.